The van der Waals surface area contributed by atoms with Crippen molar-refractivity contribution in [1.82, 2.24) is 4.90 Å². The van der Waals surface area contributed by atoms with Gasteiger partial charge in [0, 0.05) is 18.6 Å². The van der Waals surface area contributed by atoms with Crippen molar-refractivity contribution < 1.29 is 39.1 Å². The molecule has 0 unspecified atom stereocenters. The summed E-state index contributed by atoms with van der Waals surface area (Å²) < 4.78 is 74.0. The van der Waals surface area contributed by atoms with Crippen molar-refractivity contribution in [3.05, 3.63) is 53.1 Å². The third kappa shape index (κ3) is 5.74. The van der Waals surface area contributed by atoms with E-state index in [0.717, 1.165) is 0 Å². The van der Waals surface area contributed by atoms with Crippen LogP contribution in [0.5, 0.6) is 11.5 Å². The average Bonchev–Trinajstić information content (AvgIpc) is 3.09. The van der Waals surface area contributed by atoms with Crippen molar-refractivity contribution in [1.29, 1.82) is 0 Å². The summed E-state index contributed by atoms with van der Waals surface area (Å²) >= 11 is 0. The molecule has 10 heteroatoms. The van der Waals surface area contributed by atoms with E-state index in [0.29, 0.717) is 11.8 Å². The van der Waals surface area contributed by atoms with Gasteiger partial charge in [-0.2, -0.15) is 0 Å². The molecule has 0 aliphatic carbocycles. The van der Waals surface area contributed by atoms with Crippen molar-refractivity contribution in [2.45, 2.75) is 33.7 Å². The number of ether oxygens (including phenoxy) is 2. The van der Waals surface area contributed by atoms with Crippen LogP contribution in [0.3, 0.4) is 0 Å². The second kappa shape index (κ2) is 11.1. The zero-order valence-corrected chi connectivity index (χ0v) is 20.1. The van der Waals surface area contributed by atoms with Crippen LogP contribution in [0.15, 0.2) is 36.4 Å². The van der Waals surface area contributed by atoms with Crippen LogP contribution in [0.25, 0.3) is 0 Å². The zero-order chi connectivity index (χ0) is 29.8. The maximum atomic E-state index is 13.5. The highest BCUT2D eigenvalue weighted by Crippen LogP contribution is 2.38. The lowest BCUT2D eigenvalue weighted by Gasteiger charge is -2.27. The number of anilines is 1. The number of hydrogen-bond acceptors (Lipinski definition) is 7. The van der Waals surface area contributed by atoms with Gasteiger partial charge in [-0.15, -0.1) is 0 Å². The minimum Gasteiger partial charge on any atom is -0.493 e. The van der Waals surface area contributed by atoms with Gasteiger partial charge in [-0.25, -0.2) is 8.42 Å². The van der Waals surface area contributed by atoms with E-state index in [1.807, 2.05) is 0 Å². The fourth-order valence-electron chi connectivity index (χ4n) is 3.41. The Hall–Kier alpha value is -3.40. The number of nitrogens with zero attached hydrogens (tertiary/aromatic N) is 1. The minimum atomic E-state index is -5.02. The molecule has 0 saturated heterocycles. The Morgan fingerprint density at radius 1 is 1.21 bits per heavy atom. The molecule has 1 aliphatic heterocycles. The molecule has 1 aliphatic rings. The number of hydrogen-bond donors (Lipinski definition) is 1. The summed E-state index contributed by atoms with van der Waals surface area (Å²) in [5, 5.41) is 2.44. The van der Waals surface area contributed by atoms with Crippen LogP contribution in [0.1, 0.15) is 66.8 Å². The van der Waals surface area contributed by atoms with Crippen LogP contribution in [-0.4, -0.2) is 56.7 Å². The SMILES string of the molecule is [2H]C([2H])([2H])S(=O)(=O)C[C@]([2H])(c1ccc(OC)c(OCC)c1)N1C(=O)c2cccc(NC(C)=O)c2C1=O.[2H]CC. The second-order valence-electron chi connectivity index (χ2n) is 6.86. The van der Waals surface area contributed by atoms with Crippen molar-refractivity contribution >= 4 is 33.2 Å². The molecule has 0 bridgehead atoms. The largest absolute Gasteiger partial charge is 0.493 e. The predicted octanol–water partition coefficient (Wildman–Crippen LogP) is 3.46. The molecule has 3 rings (SSSR count). The third-order valence-corrected chi connectivity index (χ3v) is 5.27. The predicted molar refractivity (Wildman–Crippen MR) is 129 cm³/mol. The van der Waals surface area contributed by atoms with Gasteiger partial charge in [-0.05, 0) is 36.8 Å². The minimum absolute atomic E-state index is 0.00776. The van der Waals surface area contributed by atoms with E-state index in [9.17, 15) is 24.2 Å². The van der Waals surface area contributed by atoms with Crippen molar-refractivity contribution in [3.63, 3.8) is 0 Å². The van der Waals surface area contributed by atoms with Gasteiger partial charge in [0.15, 0.2) is 11.5 Å². The Morgan fingerprint density at radius 3 is 2.50 bits per heavy atom. The molecule has 1 heterocycles. The molecule has 34 heavy (non-hydrogen) atoms. The highest BCUT2D eigenvalue weighted by molar-refractivity contribution is 7.90. The normalized spacial score (nSPS) is 16.9. The van der Waals surface area contributed by atoms with E-state index in [1.54, 1.807) is 13.8 Å². The van der Waals surface area contributed by atoms with E-state index >= 15 is 0 Å². The lowest BCUT2D eigenvalue weighted by Crippen LogP contribution is -2.37. The number of rotatable bonds is 8. The smallest absolute Gasteiger partial charge is 0.264 e. The molecule has 2 aromatic carbocycles. The molecule has 0 aromatic heterocycles. The number of amides is 3. The van der Waals surface area contributed by atoms with Crippen molar-refractivity contribution in [2.75, 3.05) is 31.0 Å². The molecular formula is C24H30N2O7S. The highest BCUT2D eigenvalue weighted by Gasteiger charge is 2.43. The van der Waals surface area contributed by atoms with Crippen LogP contribution in [-0.2, 0) is 14.6 Å². The molecule has 9 nitrogen and oxygen atoms in total. The molecule has 3 amide bonds. The van der Waals surface area contributed by atoms with Crippen LogP contribution in [0, 0.1) is 0 Å². The van der Waals surface area contributed by atoms with Gasteiger partial charge < -0.3 is 14.8 Å². The Kier molecular flexibility index (Phi) is 6.56. The molecule has 1 N–H and O–H groups in total. The highest BCUT2D eigenvalue weighted by atomic mass is 32.2. The molecule has 1 atom stereocenters. The van der Waals surface area contributed by atoms with E-state index in [4.69, 9.17) is 15.0 Å². The number of imide groups is 1. The molecule has 0 saturated carbocycles. The van der Waals surface area contributed by atoms with Gasteiger partial charge in [-0.1, -0.05) is 26.0 Å². The third-order valence-electron chi connectivity index (χ3n) is 4.62. The van der Waals surface area contributed by atoms with Gasteiger partial charge in [0.2, 0.25) is 5.91 Å². The van der Waals surface area contributed by atoms with Gasteiger partial charge >= 0.3 is 0 Å². The number of benzene rings is 2. The van der Waals surface area contributed by atoms with E-state index in [1.165, 1.54) is 50.4 Å². The number of carbonyl (C=O) groups is 3. The maximum absolute atomic E-state index is 13.5. The number of carbonyl (C=O) groups excluding carboxylic acids is 3. The summed E-state index contributed by atoms with van der Waals surface area (Å²) in [6, 6.07) is 5.19. The Balaban J connectivity index is 0.00000170. The molecule has 0 radical (unpaired) electrons. The van der Waals surface area contributed by atoms with Gasteiger partial charge in [0.25, 0.3) is 11.8 Å². The van der Waals surface area contributed by atoms with Crippen LogP contribution in [0.2, 0.25) is 0 Å². The number of sulfone groups is 1. The first-order valence-corrected chi connectivity index (χ1v) is 11.9. The maximum Gasteiger partial charge on any atom is 0.264 e. The number of methoxy groups -OCH3 is 1. The Morgan fingerprint density at radius 2 is 1.91 bits per heavy atom. The Labute approximate surface area is 207 Å². The van der Waals surface area contributed by atoms with E-state index in [2.05, 4.69) is 5.32 Å². The summed E-state index contributed by atoms with van der Waals surface area (Å²) in [5.41, 5.74) is -0.617. The zero-order valence-electron chi connectivity index (χ0n) is 24.3. The van der Waals surface area contributed by atoms with Crippen molar-refractivity contribution in [2.24, 2.45) is 0 Å². The van der Waals surface area contributed by atoms with Crippen LogP contribution >= 0.6 is 0 Å². The molecule has 0 spiro atoms. The van der Waals surface area contributed by atoms with Crippen LogP contribution in [0.4, 0.5) is 5.69 Å². The summed E-state index contributed by atoms with van der Waals surface area (Å²) in [7, 11) is -3.66. The fraction of sp³-hybridized carbons (Fsp3) is 0.375. The average molecular weight is 496 g/mol. The summed E-state index contributed by atoms with van der Waals surface area (Å²) in [6.07, 6.45) is -3.52. The lowest BCUT2D eigenvalue weighted by atomic mass is 10.1. The quantitative estimate of drug-likeness (QED) is 0.557. The summed E-state index contributed by atoms with van der Waals surface area (Å²) in [6.45, 7) is 5.33. The monoisotopic (exact) mass is 495 g/mol. The van der Waals surface area contributed by atoms with E-state index in [-0.39, 0.29) is 40.5 Å². The molecule has 2 aromatic rings. The number of fused-ring (bicyclic) bond motifs is 1. The summed E-state index contributed by atoms with van der Waals surface area (Å²) in [5.74, 6) is -3.71. The number of nitrogens with one attached hydrogen (secondary N) is 1. The second-order valence-corrected chi connectivity index (χ2v) is 8.38. The molecular weight excluding hydrogens is 460 g/mol. The Bertz CT molecular complexity index is 1370. The fourth-order valence-corrected chi connectivity index (χ4v) is 4.06. The standard InChI is InChI=1S/C22H24N2O7S.C2H6/c1-5-31-19-11-14(9-10-18(19)30-3)17(12-32(4,28)29)24-21(26)15-7-6-8-16(23-13(2)25)20(15)22(24)27;1-2/h6-11,17H,5,12H2,1-4H3,(H,23,25);1-2H3/t17-;/m1./s1/i4D3,17D;1D. The first-order valence-electron chi connectivity index (χ1n) is 12.9. The van der Waals surface area contributed by atoms with E-state index < -0.39 is 45.5 Å². The summed E-state index contributed by atoms with van der Waals surface area (Å²) in [4.78, 5) is 39.0. The first-order chi connectivity index (χ1) is 18.1. The van der Waals surface area contributed by atoms with Gasteiger partial charge in [-0.3, -0.25) is 19.3 Å². The first kappa shape index (κ1) is 20.0. The van der Waals surface area contributed by atoms with Crippen molar-refractivity contribution in [3.8, 4) is 11.5 Å². The molecule has 0 fully saturated rings. The van der Waals surface area contributed by atoms with Gasteiger partial charge in [0.1, 0.15) is 9.84 Å². The van der Waals surface area contributed by atoms with Crippen LogP contribution < -0.4 is 14.8 Å². The molecule has 184 valence electrons. The topological polar surface area (TPSA) is 119 Å². The lowest BCUT2D eigenvalue weighted by molar-refractivity contribution is -0.114. The van der Waals surface area contributed by atoms with Gasteiger partial charge in [0.05, 0.1) is 43.7 Å².